The van der Waals surface area contributed by atoms with Gasteiger partial charge >= 0.3 is 5.69 Å². The van der Waals surface area contributed by atoms with E-state index in [1.165, 1.54) is 6.07 Å². The first-order valence-electron chi connectivity index (χ1n) is 6.34. The van der Waals surface area contributed by atoms with Crippen molar-refractivity contribution in [2.75, 3.05) is 0 Å². The molecule has 21 heavy (non-hydrogen) atoms. The number of aryl methyl sites for hydroxylation is 1. The summed E-state index contributed by atoms with van der Waals surface area (Å²) >= 11 is 0. The molecule has 1 aliphatic heterocycles. The first kappa shape index (κ1) is 13.2. The van der Waals surface area contributed by atoms with Gasteiger partial charge in [0.25, 0.3) is 5.91 Å². The Hall–Kier alpha value is -2.76. The third-order valence-electron chi connectivity index (χ3n) is 3.63. The number of nitro benzene ring substituents is 1. The van der Waals surface area contributed by atoms with Crippen molar-refractivity contribution in [3.05, 3.63) is 63.0 Å². The van der Waals surface area contributed by atoms with E-state index in [0.717, 1.165) is 11.6 Å². The van der Waals surface area contributed by atoms with Gasteiger partial charge in [0.2, 0.25) is 5.82 Å². The summed E-state index contributed by atoms with van der Waals surface area (Å²) in [6.07, 6.45) is 0. The molecule has 0 saturated heterocycles. The van der Waals surface area contributed by atoms with Gasteiger partial charge in [0.15, 0.2) is 0 Å². The highest BCUT2D eigenvalue weighted by Gasteiger charge is 2.24. The van der Waals surface area contributed by atoms with Crippen molar-refractivity contribution >= 4 is 11.6 Å². The van der Waals surface area contributed by atoms with Crippen molar-refractivity contribution in [3.63, 3.8) is 0 Å². The van der Waals surface area contributed by atoms with Crippen molar-refractivity contribution in [1.29, 1.82) is 0 Å². The Balaban J connectivity index is 2.25. The van der Waals surface area contributed by atoms with Crippen LogP contribution >= 0.6 is 0 Å². The molecule has 0 saturated carbocycles. The zero-order chi connectivity index (χ0) is 15.1. The molecule has 0 aromatic heterocycles. The zero-order valence-corrected chi connectivity index (χ0v) is 11.1. The number of nitrogens with zero attached hydrogens (tertiary/aromatic N) is 1. The molecule has 2 aromatic rings. The predicted molar refractivity (Wildman–Crippen MR) is 74.4 cm³/mol. The molecule has 2 aromatic carbocycles. The highest BCUT2D eigenvalue weighted by molar-refractivity contribution is 6.00. The Morgan fingerprint density at radius 1 is 1.24 bits per heavy atom. The van der Waals surface area contributed by atoms with Gasteiger partial charge in [0, 0.05) is 18.2 Å². The second-order valence-electron chi connectivity index (χ2n) is 4.89. The van der Waals surface area contributed by atoms with E-state index in [1.54, 1.807) is 25.1 Å². The lowest BCUT2D eigenvalue weighted by atomic mass is 9.93. The topological polar surface area (TPSA) is 72.2 Å². The van der Waals surface area contributed by atoms with Crippen LogP contribution in [0.15, 0.2) is 30.3 Å². The predicted octanol–water partition coefficient (Wildman–Crippen LogP) is 2.95. The van der Waals surface area contributed by atoms with E-state index in [4.69, 9.17) is 0 Å². The first-order chi connectivity index (χ1) is 9.99. The van der Waals surface area contributed by atoms with E-state index in [0.29, 0.717) is 28.8 Å². The molecule has 0 aliphatic carbocycles. The molecule has 0 unspecified atom stereocenters. The van der Waals surface area contributed by atoms with Crippen LogP contribution in [0.4, 0.5) is 10.1 Å². The molecule has 1 N–H and O–H groups in total. The van der Waals surface area contributed by atoms with E-state index in [1.807, 2.05) is 0 Å². The molecule has 0 fully saturated rings. The fraction of sp³-hybridized carbons (Fsp3) is 0.133. The van der Waals surface area contributed by atoms with Crippen LogP contribution in [0, 0.1) is 22.9 Å². The summed E-state index contributed by atoms with van der Waals surface area (Å²) < 4.78 is 13.6. The number of fused-ring (bicyclic) bond motifs is 1. The van der Waals surface area contributed by atoms with Gasteiger partial charge in [-0.1, -0.05) is 12.1 Å². The average molecular weight is 286 g/mol. The van der Waals surface area contributed by atoms with Gasteiger partial charge in [-0.05, 0) is 41.3 Å². The third kappa shape index (κ3) is 2.05. The van der Waals surface area contributed by atoms with Gasteiger partial charge in [-0.25, -0.2) is 0 Å². The van der Waals surface area contributed by atoms with Gasteiger partial charge in [-0.2, -0.15) is 4.39 Å². The second kappa shape index (κ2) is 4.66. The minimum Gasteiger partial charge on any atom is -0.348 e. The van der Waals surface area contributed by atoms with Crippen LogP contribution < -0.4 is 5.32 Å². The van der Waals surface area contributed by atoms with Crippen LogP contribution in [-0.2, 0) is 6.54 Å². The smallest absolute Gasteiger partial charge is 0.305 e. The molecule has 1 heterocycles. The molecule has 0 radical (unpaired) electrons. The van der Waals surface area contributed by atoms with Crippen LogP contribution in [0.1, 0.15) is 21.5 Å². The Morgan fingerprint density at radius 3 is 2.67 bits per heavy atom. The molecule has 0 spiro atoms. The normalized spacial score (nSPS) is 13.0. The number of amides is 1. The third-order valence-corrected chi connectivity index (χ3v) is 3.63. The average Bonchev–Trinajstić information content (AvgIpc) is 2.81. The lowest BCUT2D eigenvalue weighted by Crippen LogP contribution is -2.12. The highest BCUT2D eigenvalue weighted by atomic mass is 19.1. The molecule has 3 rings (SSSR count). The number of rotatable bonds is 2. The monoisotopic (exact) mass is 286 g/mol. The summed E-state index contributed by atoms with van der Waals surface area (Å²) in [5.41, 5.74) is 2.64. The van der Waals surface area contributed by atoms with Gasteiger partial charge in [0.1, 0.15) is 0 Å². The minimum absolute atomic E-state index is 0.166. The van der Waals surface area contributed by atoms with Crippen LogP contribution in [0.5, 0.6) is 0 Å². The summed E-state index contributed by atoms with van der Waals surface area (Å²) in [5.74, 6) is -1.02. The fourth-order valence-electron chi connectivity index (χ4n) is 2.60. The summed E-state index contributed by atoms with van der Waals surface area (Å²) in [5, 5.41) is 13.6. The molecule has 106 valence electrons. The first-order valence-corrected chi connectivity index (χ1v) is 6.34. The Bertz CT molecular complexity index is 787. The quantitative estimate of drug-likeness (QED) is 0.681. The Morgan fingerprint density at radius 2 is 1.95 bits per heavy atom. The molecule has 6 heteroatoms. The van der Waals surface area contributed by atoms with Gasteiger partial charge in [0.05, 0.1) is 4.92 Å². The molecular weight excluding hydrogens is 275 g/mol. The molecule has 5 nitrogen and oxygen atoms in total. The van der Waals surface area contributed by atoms with E-state index < -0.39 is 16.4 Å². The standard InChI is InChI=1S/C15H11FN2O3/c1-8-5-13(16)14(18(20)21)6-11(8)9-3-2-4-10-12(9)7-17-15(10)19/h2-6H,7H2,1H3,(H,17,19). The molecular formula is C15H11FN2O3. The highest BCUT2D eigenvalue weighted by Crippen LogP contribution is 2.34. The number of carbonyl (C=O) groups excluding carboxylic acids is 1. The van der Waals surface area contributed by atoms with E-state index in [9.17, 15) is 19.3 Å². The van der Waals surface area contributed by atoms with E-state index in [2.05, 4.69) is 5.32 Å². The zero-order valence-electron chi connectivity index (χ0n) is 11.1. The lowest BCUT2D eigenvalue weighted by Gasteiger charge is -2.10. The van der Waals surface area contributed by atoms with Crippen LogP contribution in [0.3, 0.4) is 0 Å². The molecule has 1 amide bonds. The van der Waals surface area contributed by atoms with Crippen molar-refractivity contribution in [1.82, 2.24) is 5.32 Å². The molecule has 1 aliphatic rings. The van der Waals surface area contributed by atoms with Crippen LogP contribution in [0.25, 0.3) is 11.1 Å². The van der Waals surface area contributed by atoms with E-state index >= 15 is 0 Å². The minimum atomic E-state index is -0.858. The number of nitrogens with one attached hydrogen (secondary N) is 1. The number of hydrogen-bond acceptors (Lipinski definition) is 3. The van der Waals surface area contributed by atoms with Gasteiger partial charge < -0.3 is 5.32 Å². The lowest BCUT2D eigenvalue weighted by molar-refractivity contribution is -0.387. The SMILES string of the molecule is Cc1cc(F)c([N+](=O)[O-])cc1-c1cccc2c1CNC2=O. The number of carbonyl (C=O) groups is 1. The van der Waals surface area contributed by atoms with E-state index in [-0.39, 0.29) is 5.91 Å². The largest absolute Gasteiger partial charge is 0.348 e. The number of hydrogen-bond donors (Lipinski definition) is 1. The maximum Gasteiger partial charge on any atom is 0.305 e. The number of nitro groups is 1. The van der Waals surface area contributed by atoms with Gasteiger partial charge in [-0.15, -0.1) is 0 Å². The maximum absolute atomic E-state index is 13.6. The summed E-state index contributed by atoms with van der Waals surface area (Å²) in [4.78, 5) is 21.8. The summed E-state index contributed by atoms with van der Waals surface area (Å²) in [7, 11) is 0. The summed E-state index contributed by atoms with van der Waals surface area (Å²) in [6, 6.07) is 7.57. The Labute approximate surface area is 119 Å². The Kier molecular flexibility index (Phi) is 2.94. The maximum atomic E-state index is 13.6. The molecule has 0 bridgehead atoms. The summed E-state index contributed by atoms with van der Waals surface area (Å²) in [6.45, 7) is 2.06. The van der Waals surface area contributed by atoms with Crippen LogP contribution in [-0.4, -0.2) is 10.8 Å². The number of halogens is 1. The van der Waals surface area contributed by atoms with Crippen molar-refractivity contribution in [3.8, 4) is 11.1 Å². The number of benzene rings is 2. The van der Waals surface area contributed by atoms with Crippen molar-refractivity contribution < 1.29 is 14.1 Å². The second-order valence-corrected chi connectivity index (χ2v) is 4.89. The van der Waals surface area contributed by atoms with Crippen molar-refractivity contribution in [2.24, 2.45) is 0 Å². The van der Waals surface area contributed by atoms with Crippen LogP contribution in [0.2, 0.25) is 0 Å². The molecule has 0 atom stereocenters. The van der Waals surface area contributed by atoms with Gasteiger partial charge in [-0.3, -0.25) is 14.9 Å². The van der Waals surface area contributed by atoms with Crippen molar-refractivity contribution in [2.45, 2.75) is 13.5 Å². The fourth-order valence-corrected chi connectivity index (χ4v) is 2.60.